The number of thiophene rings is 1. The summed E-state index contributed by atoms with van der Waals surface area (Å²) in [5.74, 6) is -2.11. The van der Waals surface area contributed by atoms with Crippen LogP contribution in [0.15, 0.2) is 28.7 Å². The van der Waals surface area contributed by atoms with E-state index in [1.807, 2.05) is 31.4 Å². The molecule has 0 saturated carbocycles. The summed E-state index contributed by atoms with van der Waals surface area (Å²) in [6.45, 7) is 4.40. The van der Waals surface area contributed by atoms with Crippen molar-refractivity contribution in [1.29, 1.82) is 0 Å². The largest absolute Gasteiger partial charge is 0.481 e. The molecular weight excluding hydrogens is 274 g/mol. The zero-order valence-electron chi connectivity index (χ0n) is 11.7. The van der Waals surface area contributed by atoms with Crippen LogP contribution in [0.25, 0.3) is 0 Å². The Morgan fingerprint density at radius 3 is 2.50 bits per heavy atom. The van der Waals surface area contributed by atoms with Gasteiger partial charge in [0.15, 0.2) is 0 Å². The van der Waals surface area contributed by atoms with Gasteiger partial charge in [-0.1, -0.05) is 17.2 Å². The number of aliphatic carboxylic acids is 1. The molecule has 0 spiro atoms. The number of carboxylic acids is 1. The molecule has 0 aromatic carbocycles. The number of hydrogen-bond acceptors (Lipinski definition) is 3. The van der Waals surface area contributed by atoms with Crippen LogP contribution in [0.1, 0.15) is 31.6 Å². The Labute approximate surface area is 122 Å². The van der Waals surface area contributed by atoms with Gasteiger partial charge in [-0.15, -0.1) is 11.3 Å². The maximum Gasteiger partial charge on any atom is 0.307 e. The van der Waals surface area contributed by atoms with E-state index in [-0.39, 0.29) is 5.91 Å². The zero-order valence-corrected chi connectivity index (χ0v) is 12.5. The summed E-state index contributed by atoms with van der Waals surface area (Å²) in [5.41, 5.74) is 2.23. The molecule has 2 N–H and O–H groups in total. The lowest BCUT2D eigenvalue weighted by molar-refractivity contribution is -0.147. The first-order valence-corrected chi connectivity index (χ1v) is 7.55. The van der Waals surface area contributed by atoms with E-state index in [1.54, 1.807) is 11.3 Å². The van der Waals surface area contributed by atoms with Crippen molar-refractivity contribution in [1.82, 2.24) is 5.32 Å². The summed E-state index contributed by atoms with van der Waals surface area (Å²) in [7, 11) is 0. The fourth-order valence-corrected chi connectivity index (χ4v) is 3.19. The highest BCUT2D eigenvalue weighted by Gasteiger charge is 2.37. The minimum absolute atomic E-state index is 0.155. The molecule has 1 heterocycles. The van der Waals surface area contributed by atoms with Crippen molar-refractivity contribution in [3.05, 3.63) is 33.5 Å². The Bertz CT molecular complexity index is 533. The van der Waals surface area contributed by atoms with E-state index in [9.17, 15) is 14.7 Å². The van der Waals surface area contributed by atoms with E-state index in [2.05, 4.69) is 5.32 Å². The third-order valence-electron chi connectivity index (χ3n) is 3.94. The van der Waals surface area contributed by atoms with Crippen LogP contribution in [-0.2, 0) is 16.1 Å². The van der Waals surface area contributed by atoms with Crippen LogP contribution < -0.4 is 5.32 Å². The van der Waals surface area contributed by atoms with Gasteiger partial charge in [0.2, 0.25) is 5.91 Å². The lowest BCUT2D eigenvalue weighted by Crippen LogP contribution is -2.39. The summed E-state index contributed by atoms with van der Waals surface area (Å²) >= 11 is 1.58. The Morgan fingerprint density at radius 2 is 1.95 bits per heavy atom. The number of rotatable bonds is 4. The van der Waals surface area contributed by atoms with Gasteiger partial charge in [-0.2, -0.15) is 0 Å². The molecule has 0 unspecified atom stereocenters. The number of carboxylic acid groups (broad SMARTS) is 1. The summed E-state index contributed by atoms with van der Waals surface area (Å²) < 4.78 is 0. The number of allylic oxidation sites excluding steroid dienone is 2. The van der Waals surface area contributed by atoms with Crippen LogP contribution in [0.4, 0.5) is 0 Å². The van der Waals surface area contributed by atoms with Gasteiger partial charge >= 0.3 is 5.97 Å². The fourth-order valence-electron chi connectivity index (χ4n) is 2.55. The normalized spacial score (nSPS) is 22.7. The Balaban J connectivity index is 2.04. The summed E-state index contributed by atoms with van der Waals surface area (Å²) in [6.07, 6.45) is 1.01. The average molecular weight is 293 g/mol. The molecule has 0 radical (unpaired) electrons. The van der Waals surface area contributed by atoms with Gasteiger partial charge in [0.05, 0.1) is 18.4 Å². The van der Waals surface area contributed by atoms with Gasteiger partial charge in [0.25, 0.3) is 0 Å². The molecule has 108 valence electrons. The SMILES string of the molecule is CC1=C(C)C[C@@H](C(=O)NCc2cccs2)[C@@H](C(=O)O)C1. The zero-order chi connectivity index (χ0) is 14.7. The third-order valence-corrected chi connectivity index (χ3v) is 4.81. The van der Waals surface area contributed by atoms with Crippen molar-refractivity contribution in [3.63, 3.8) is 0 Å². The van der Waals surface area contributed by atoms with E-state index in [4.69, 9.17) is 0 Å². The molecule has 2 atom stereocenters. The van der Waals surface area contributed by atoms with Gasteiger partial charge in [-0.05, 0) is 38.1 Å². The van der Waals surface area contributed by atoms with Crippen LogP contribution >= 0.6 is 11.3 Å². The highest BCUT2D eigenvalue weighted by molar-refractivity contribution is 7.09. The first-order chi connectivity index (χ1) is 9.49. The van der Waals surface area contributed by atoms with Crippen molar-refractivity contribution in [2.24, 2.45) is 11.8 Å². The molecule has 1 aromatic rings. The molecule has 1 aliphatic rings. The maximum absolute atomic E-state index is 12.3. The number of carbonyl (C=O) groups is 2. The first-order valence-electron chi connectivity index (χ1n) is 6.67. The van der Waals surface area contributed by atoms with Gasteiger partial charge in [0.1, 0.15) is 0 Å². The van der Waals surface area contributed by atoms with Crippen LogP contribution in [0, 0.1) is 11.8 Å². The Hall–Kier alpha value is -1.62. The second-order valence-electron chi connectivity index (χ2n) is 5.32. The predicted molar refractivity (Wildman–Crippen MR) is 78.4 cm³/mol. The Morgan fingerprint density at radius 1 is 1.30 bits per heavy atom. The van der Waals surface area contributed by atoms with E-state index in [1.165, 1.54) is 0 Å². The number of nitrogens with one attached hydrogen (secondary N) is 1. The molecule has 0 aliphatic heterocycles. The minimum atomic E-state index is -0.881. The van der Waals surface area contributed by atoms with Gasteiger partial charge in [-0.3, -0.25) is 9.59 Å². The van der Waals surface area contributed by atoms with Crippen LogP contribution in [0.2, 0.25) is 0 Å². The van der Waals surface area contributed by atoms with Crippen molar-refractivity contribution in [2.75, 3.05) is 0 Å². The summed E-state index contributed by atoms with van der Waals surface area (Å²) in [5, 5.41) is 14.1. The summed E-state index contributed by atoms with van der Waals surface area (Å²) in [4.78, 5) is 24.7. The van der Waals surface area contributed by atoms with Gasteiger partial charge < -0.3 is 10.4 Å². The topological polar surface area (TPSA) is 66.4 Å². The molecule has 4 nitrogen and oxygen atoms in total. The molecule has 5 heteroatoms. The molecular formula is C15H19NO3S. The van der Waals surface area contributed by atoms with Crippen LogP contribution in [0.5, 0.6) is 0 Å². The smallest absolute Gasteiger partial charge is 0.307 e. The number of amides is 1. The summed E-state index contributed by atoms with van der Waals surface area (Å²) in [6, 6.07) is 3.89. The lowest BCUT2D eigenvalue weighted by Gasteiger charge is -2.29. The average Bonchev–Trinajstić information content (AvgIpc) is 2.91. The molecule has 0 bridgehead atoms. The van der Waals surface area contributed by atoms with Crippen LogP contribution in [-0.4, -0.2) is 17.0 Å². The standard InChI is InChI=1S/C15H19NO3S/c1-9-6-12(13(15(18)19)7-10(9)2)14(17)16-8-11-4-3-5-20-11/h3-5,12-13H,6-8H2,1-2H3,(H,16,17)(H,18,19)/t12-,13+/m1/s1. The van der Waals surface area contributed by atoms with E-state index >= 15 is 0 Å². The Kier molecular flexibility index (Phi) is 4.60. The van der Waals surface area contributed by atoms with Gasteiger partial charge in [-0.25, -0.2) is 0 Å². The molecule has 1 aromatic heterocycles. The molecule has 1 aliphatic carbocycles. The minimum Gasteiger partial charge on any atom is -0.481 e. The monoisotopic (exact) mass is 293 g/mol. The highest BCUT2D eigenvalue weighted by Crippen LogP contribution is 2.34. The van der Waals surface area contributed by atoms with E-state index in [0.717, 1.165) is 16.0 Å². The molecule has 1 amide bonds. The van der Waals surface area contributed by atoms with Crippen molar-refractivity contribution < 1.29 is 14.7 Å². The second kappa shape index (κ2) is 6.22. The van der Waals surface area contributed by atoms with Crippen LogP contribution in [0.3, 0.4) is 0 Å². The van der Waals surface area contributed by atoms with E-state index in [0.29, 0.717) is 19.4 Å². The van der Waals surface area contributed by atoms with Crippen molar-refractivity contribution in [2.45, 2.75) is 33.2 Å². The third kappa shape index (κ3) is 3.28. The number of carbonyl (C=O) groups excluding carboxylic acids is 1. The molecule has 0 saturated heterocycles. The van der Waals surface area contributed by atoms with Gasteiger partial charge in [0, 0.05) is 4.88 Å². The highest BCUT2D eigenvalue weighted by atomic mass is 32.1. The lowest BCUT2D eigenvalue weighted by atomic mass is 9.76. The van der Waals surface area contributed by atoms with E-state index < -0.39 is 17.8 Å². The molecule has 2 rings (SSSR count). The second-order valence-corrected chi connectivity index (χ2v) is 6.35. The first kappa shape index (κ1) is 14.8. The molecule has 20 heavy (non-hydrogen) atoms. The molecule has 0 fully saturated rings. The predicted octanol–water partition coefficient (Wildman–Crippen LogP) is 2.81. The maximum atomic E-state index is 12.3. The fraction of sp³-hybridized carbons (Fsp3) is 0.467. The quantitative estimate of drug-likeness (QED) is 0.839. The van der Waals surface area contributed by atoms with Crippen molar-refractivity contribution >= 4 is 23.2 Å². The van der Waals surface area contributed by atoms with Crippen molar-refractivity contribution in [3.8, 4) is 0 Å². The number of hydrogen-bond donors (Lipinski definition) is 2.